The second-order valence-corrected chi connectivity index (χ2v) is 7.78. The first kappa shape index (κ1) is 14.6. The van der Waals surface area contributed by atoms with Gasteiger partial charge in [0.25, 0.3) is 0 Å². The van der Waals surface area contributed by atoms with Crippen molar-refractivity contribution in [2.75, 3.05) is 0 Å². The molecular weight excluding hydrogens is 250 g/mol. The van der Waals surface area contributed by atoms with Crippen molar-refractivity contribution in [3.8, 4) is 0 Å². The van der Waals surface area contributed by atoms with Crippen molar-refractivity contribution in [3.05, 3.63) is 0 Å². The second-order valence-electron chi connectivity index (χ2n) is 6.42. The molecule has 0 amide bonds. The Kier molecular flexibility index (Phi) is 4.61. The Morgan fingerprint density at radius 1 is 1.28 bits per heavy atom. The zero-order valence-corrected chi connectivity index (χ0v) is 12.7. The molecule has 0 N–H and O–H groups in total. The van der Waals surface area contributed by atoms with Gasteiger partial charge < -0.3 is 0 Å². The first-order valence-electron chi connectivity index (χ1n) is 7.41. The molecule has 1 aliphatic heterocycles. The van der Waals surface area contributed by atoms with Crippen LogP contribution in [0.1, 0.15) is 47.0 Å². The molecule has 1 saturated carbocycles. The molecule has 1 saturated heterocycles. The Balaban J connectivity index is 2.08. The Morgan fingerprint density at radius 3 is 2.56 bits per heavy atom. The number of halogens is 2. The van der Waals surface area contributed by atoms with Crippen molar-refractivity contribution in [3.63, 3.8) is 0 Å². The number of alkyl halides is 2. The van der Waals surface area contributed by atoms with E-state index in [2.05, 4.69) is 6.92 Å². The molecule has 0 aromatic heterocycles. The monoisotopic (exact) mass is 276 g/mol. The van der Waals surface area contributed by atoms with Gasteiger partial charge in [-0.25, -0.2) is 8.78 Å². The summed E-state index contributed by atoms with van der Waals surface area (Å²) in [5.41, 5.74) is 0. The predicted octanol–water partition coefficient (Wildman–Crippen LogP) is 4.87. The maximum Gasteiger partial charge on any atom is 0.115 e. The topological polar surface area (TPSA) is 0 Å². The number of rotatable bonds is 3. The molecule has 0 nitrogen and oxygen atoms in total. The molecule has 8 atom stereocenters. The summed E-state index contributed by atoms with van der Waals surface area (Å²) in [6.45, 7) is 8.16. The molecule has 0 aromatic rings. The highest BCUT2D eigenvalue weighted by atomic mass is 32.2. The summed E-state index contributed by atoms with van der Waals surface area (Å²) in [6.07, 6.45) is 1.42. The van der Waals surface area contributed by atoms with Gasteiger partial charge in [-0.2, -0.15) is 0 Å². The molecule has 3 heteroatoms. The van der Waals surface area contributed by atoms with Crippen molar-refractivity contribution >= 4 is 11.8 Å². The van der Waals surface area contributed by atoms with Crippen molar-refractivity contribution < 1.29 is 8.78 Å². The molecule has 0 spiro atoms. The minimum atomic E-state index is -0.775. The maximum atomic E-state index is 14.5. The van der Waals surface area contributed by atoms with Gasteiger partial charge in [-0.05, 0) is 36.5 Å². The van der Waals surface area contributed by atoms with E-state index in [0.29, 0.717) is 11.8 Å². The molecule has 2 aliphatic rings. The van der Waals surface area contributed by atoms with Crippen LogP contribution < -0.4 is 0 Å². The van der Waals surface area contributed by atoms with E-state index in [0.717, 1.165) is 19.3 Å². The van der Waals surface area contributed by atoms with Gasteiger partial charge >= 0.3 is 0 Å². The van der Waals surface area contributed by atoms with Gasteiger partial charge in [0, 0.05) is 10.5 Å². The van der Waals surface area contributed by atoms with Gasteiger partial charge in [-0.3, -0.25) is 0 Å². The number of hydrogen-bond acceptors (Lipinski definition) is 1. The molecule has 2 rings (SSSR count). The van der Waals surface area contributed by atoms with E-state index in [4.69, 9.17) is 0 Å². The number of thioether (sulfide) groups is 1. The van der Waals surface area contributed by atoms with Crippen LogP contribution in [0, 0.1) is 23.7 Å². The van der Waals surface area contributed by atoms with E-state index in [-0.39, 0.29) is 22.3 Å². The molecule has 1 aliphatic carbocycles. The van der Waals surface area contributed by atoms with Crippen LogP contribution in [0.4, 0.5) is 8.78 Å². The Morgan fingerprint density at radius 2 is 1.94 bits per heavy atom. The van der Waals surface area contributed by atoms with Crippen molar-refractivity contribution in [1.29, 1.82) is 0 Å². The van der Waals surface area contributed by atoms with Crippen LogP contribution in [0.3, 0.4) is 0 Å². The molecule has 106 valence electrons. The zero-order chi connectivity index (χ0) is 13.4. The van der Waals surface area contributed by atoms with E-state index in [1.54, 1.807) is 11.8 Å². The summed E-state index contributed by atoms with van der Waals surface area (Å²) >= 11 is 1.62. The highest BCUT2D eigenvalue weighted by Crippen LogP contribution is 2.53. The quantitative estimate of drug-likeness (QED) is 0.708. The number of hydrogen-bond donors (Lipinski definition) is 0. The van der Waals surface area contributed by atoms with E-state index in [1.165, 1.54) is 0 Å². The van der Waals surface area contributed by atoms with Crippen LogP contribution in [-0.4, -0.2) is 22.8 Å². The van der Waals surface area contributed by atoms with Crippen LogP contribution in [0.15, 0.2) is 0 Å². The van der Waals surface area contributed by atoms with Gasteiger partial charge in [0.2, 0.25) is 0 Å². The smallest absolute Gasteiger partial charge is 0.115 e. The fraction of sp³-hybridized carbons (Fsp3) is 1.00. The first-order valence-corrected chi connectivity index (χ1v) is 8.35. The lowest BCUT2D eigenvalue weighted by atomic mass is 9.74. The Hall–Kier alpha value is 0.210. The summed E-state index contributed by atoms with van der Waals surface area (Å²) in [4.78, 5) is 0. The van der Waals surface area contributed by atoms with Crippen LogP contribution in [0.2, 0.25) is 0 Å². The minimum absolute atomic E-state index is 0.0125. The van der Waals surface area contributed by atoms with E-state index in [1.807, 2.05) is 20.8 Å². The van der Waals surface area contributed by atoms with Gasteiger partial charge in [0.05, 0.1) is 0 Å². The molecule has 0 bridgehead atoms. The molecular formula is C15H26F2S. The molecule has 18 heavy (non-hydrogen) atoms. The average Bonchev–Trinajstić information content (AvgIpc) is 2.70. The SMILES string of the molecule is CCC(C)C(F)C1SC2C(F)C(C)CCC2C1C. The lowest BCUT2D eigenvalue weighted by molar-refractivity contribution is 0.117. The molecule has 2 fully saturated rings. The van der Waals surface area contributed by atoms with Gasteiger partial charge in [0.15, 0.2) is 0 Å². The Bertz CT molecular complexity index is 284. The summed E-state index contributed by atoms with van der Waals surface area (Å²) in [5, 5.41) is 0.0644. The maximum absolute atomic E-state index is 14.5. The second kappa shape index (κ2) is 5.68. The third kappa shape index (κ3) is 2.44. The van der Waals surface area contributed by atoms with Crippen LogP contribution in [0.25, 0.3) is 0 Å². The minimum Gasteiger partial charge on any atom is -0.246 e. The van der Waals surface area contributed by atoms with Crippen molar-refractivity contribution in [1.82, 2.24) is 0 Å². The van der Waals surface area contributed by atoms with Crippen molar-refractivity contribution in [2.45, 2.75) is 69.8 Å². The van der Waals surface area contributed by atoms with Gasteiger partial charge in [-0.15, -0.1) is 11.8 Å². The lowest BCUT2D eigenvalue weighted by Gasteiger charge is -2.34. The third-order valence-electron chi connectivity index (χ3n) is 5.24. The Labute approximate surface area is 114 Å². The highest BCUT2D eigenvalue weighted by Gasteiger charge is 2.51. The zero-order valence-electron chi connectivity index (χ0n) is 11.9. The van der Waals surface area contributed by atoms with E-state index >= 15 is 0 Å². The predicted molar refractivity (Wildman–Crippen MR) is 75.5 cm³/mol. The van der Waals surface area contributed by atoms with Crippen LogP contribution in [-0.2, 0) is 0 Å². The van der Waals surface area contributed by atoms with Crippen LogP contribution >= 0.6 is 11.8 Å². The van der Waals surface area contributed by atoms with Gasteiger partial charge in [-0.1, -0.05) is 34.1 Å². The fourth-order valence-corrected chi connectivity index (χ4v) is 5.77. The largest absolute Gasteiger partial charge is 0.246 e. The fourth-order valence-electron chi connectivity index (χ4n) is 3.54. The van der Waals surface area contributed by atoms with Gasteiger partial charge in [0.1, 0.15) is 12.3 Å². The first-order chi connectivity index (χ1) is 8.47. The summed E-state index contributed by atoms with van der Waals surface area (Å²) < 4.78 is 28.8. The number of fused-ring (bicyclic) bond motifs is 1. The summed E-state index contributed by atoms with van der Waals surface area (Å²) in [6, 6.07) is 0. The lowest BCUT2D eigenvalue weighted by Crippen LogP contribution is -2.37. The van der Waals surface area contributed by atoms with E-state index < -0.39 is 12.3 Å². The highest BCUT2D eigenvalue weighted by molar-refractivity contribution is 8.00. The normalized spacial score (nSPS) is 47.7. The average molecular weight is 276 g/mol. The molecule has 1 heterocycles. The molecule has 8 unspecified atom stereocenters. The summed E-state index contributed by atoms with van der Waals surface area (Å²) in [5.74, 6) is 0.982. The van der Waals surface area contributed by atoms with Crippen LogP contribution in [0.5, 0.6) is 0 Å². The third-order valence-corrected chi connectivity index (χ3v) is 7.17. The molecule has 0 radical (unpaired) electrons. The van der Waals surface area contributed by atoms with E-state index in [9.17, 15) is 8.78 Å². The van der Waals surface area contributed by atoms with Crippen molar-refractivity contribution in [2.24, 2.45) is 23.7 Å². The standard InChI is InChI=1S/C15H26F2S/c1-5-8(2)12(16)14-10(4)11-7-6-9(3)13(17)15(11)18-14/h8-15H,5-7H2,1-4H3. The molecule has 0 aromatic carbocycles. The summed E-state index contributed by atoms with van der Waals surface area (Å²) in [7, 11) is 0.